The predicted octanol–water partition coefficient (Wildman–Crippen LogP) is 3.31. The maximum absolute atomic E-state index is 12.4. The minimum Gasteiger partial charge on any atom is -0.480 e. The van der Waals surface area contributed by atoms with Crippen molar-refractivity contribution in [3.05, 3.63) is 28.8 Å². The van der Waals surface area contributed by atoms with Crippen LogP contribution in [0.5, 0.6) is 0 Å². The Labute approximate surface area is 153 Å². The van der Waals surface area contributed by atoms with Crippen LogP contribution >= 0.6 is 11.6 Å². The summed E-state index contributed by atoms with van der Waals surface area (Å²) < 4.78 is 0. The van der Waals surface area contributed by atoms with Crippen LogP contribution in [0.15, 0.2) is 18.2 Å². The Balaban J connectivity index is 1.88. The maximum Gasteiger partial charge on any atom is 0.321 e. The van der Waals surface area contributed by atoms with E-state index in [4.69, 9.17) is 16.7 Å². The van der Waals surface area contributed by atoms with Crippen LogP contribution in [0.3, 0.4) is 0 Å². The molecule has 0 spiro atoms. The molecule has 0 atom stereocenters. The number of rotatable bonds is 6. The molecule has 2 rings (SSSR count). The Kier molecular flexibility index (Phi) is 7.08. The number of carboxylic acid groups (broad SMARTS) is 1. The first-order valence-corrected chi connectivity index (χ1v) is 9.12. The van der Waals surface area contributed by atoms with Gasteiger partial charge in [-0.3, -0.25) is 9.69 Å². The van der Waals surface area contributed by atoms with Crippen molar-refractivity contribution in [1.82, 2.24) is 9.80 Å². The Morgan fingerprint density at radius 2 is 2.00 bits per heavy atom. The number of nitrogens with zero attached hydrogens (tertiary/aromatic N) is 2. The van der Waals surface area contributed by atoms with Crippen LogP contribution < -0.4 is 5.32 Å². The maximum atomic E-state index is 12.4. The topological polar surface area (TPSA) is 72.9 Å². The van der Waals surface area contributed by atoms with E-state index in [2.05, 4.69) is 5.32 Å². The van der Waals surface area contributed by atoms with Crippen molar-refractivity contribution in [2.24, 2.45) is 0 Å². The number of benzene rings is 1. The van der Waals surface area contributed by atoms with E-state index in [-0.39, 0.29) is 18.6 Å². The van der Waals surface area contributed by atoms with Gasteiger partial charge in [-0.15, -0.1) is 0 Å². The highest BCUT2D eigenvalue weighted by Crippen LogP contribution is 2.22. The van der Waals surface area contributed by atoms with Crippen LogP contribution in [-0.2, 0) is 11.2 Å². The molecular formula is C18H26ClN3O3. The zero-order valence-corrected chi connectivity index (χ0v) is 15.6. The van der Waals surface area contributed by atoms with Crippen molar-refractivity contribution >= 4 is 29.3 Å². The number of carbonyl (C=O) groups is 2. The van der Waals surface area contributed by atoms with Gasteiger partial charge in [-0.1, -0.05) is 31.5 Å². The van der Waals surface area contributed by atoms with Gasteiger partial charge >= 0.3 is 12.0 Å². The minimum absolute atomic E-state index is 0.0512. The molecule has 1 heterocycles. The molecule has 0 aliphatic carbocycles. The van der Waals surface area contributed by atoms with Crippen LogP contribution in [0.25, 0.3) is 0 Å². The summed E-state index contributed by atoms with van der Waals surface area (Å²) in [5, 5.41) is 12.5. The van der Waals surface area contributed by atoms with Crippen LogP contribution in [0.4, 0.5) is 10.5 Å². The Morgan fingerprint density at radius 3 is 2.52 bits per heavy atom. The van der Waals surface area contributed by atoms with Crippen LogP contribution in [0.2, 0.25) is 5.02 Å². The van der Waals surface area contributed by atoms with Crippen molar-refractivity contribution in [2.75, 3.05) is 31.5 Å². The molecule has 1 fully saturated rings. The number of amides is 2. The second kappa shape index (κ2) is 9.06. The van der Waals surface area contributed by atoms with E-state index in [1.165, 1.54) is 0 Å². The Morgan fingerprint density at radius 1 is 1.32 bits per heavy atom. The van der Waals surface area contributed by atoms with Gasteiger partial charge in [0.05, 0.1) is 6.54 Å². The summed E-state index contributed by atoms with van der Waals surface area (Å²) in [7, 11) is 0. The molecule has 0 saturated carbocycles. The van der Waals surface area contributed by atoms with Crippen molar-refractivity contribution in [1.29, 1.82) is 0 Å². The molecule has 2 amide bonds. The lowest BCUT2D eigenvalue weighted by molar-refractivity contribution is -0.139. The van der Waals surface area contributed by atoms with Gasteiger partial charge in [-0.25, -0.2) is 4.79 Å². The molecule has 0 unspecified atom stereocenters. The van der Waals surface area contributed by atoms with E-state index in [9.17, 15) is 9.59 Å². The average Bonchev–Trinajstić information content (AvgIpc) is 2.60. The van der Waals surface area contributed by atoms with E-state index in [0.717, 1.165) is 24.8 Å². The first-order valence-electron chi connectivity index (χ1n) is 8.74. The molecule has 1 aliphatic heterocycles. The number of carboxylic acids is 1. The molecule has 0 bridgehead atoms. The first-order chi connectivity index (χ1) is 11.9. The molecule has 7 heteroatoms. The zero-order valence-electron chi connectivity index (χ0n) is 14.8. The molecule has 1 aromatic carbocycles. The zero-order chi connectivity index (χ0) is 18.4. The summed E-state index contributed by atoms with van der Waals surface area (Å²) in [6, 6.07) is 5.64. The predicted molar refractivity (Wildman–Crippen MR) is 99.3 cm³/mol. The third-order valence-electron chi connectivity index (χ3n) is 4.70. The first kappa shape index (κ1) is 19.5. The molecule has 1 aromatic rings. The summed E-state index contributed by atoms with van der Waals surface area (Å²) in [4.78, 5) is 27.1. The van der Waals surface area contributed by atoms with E-state index in [0.29, 0.717) is 30.3 Å². The van der Waals surface area contributed by atoms with E-state index in [1.807, 2.05) is 30.9 Å². The number of carbonyl (C=O) groups excluding carboxylic acids is 1. The monoisotopic (exact) mass is 367 g/mol. The fourth-order valence-electron chi connectivity index (χ4n) is 3.22. The lowest BCUT2D eigenvalue weighted by Gasteiger charge is -2.37. The number of nitrogens with one attached hydrogen (secondary N) is 1. The van der Waals surface area contributed by atoms with Gasteiger partial charge in [0, 0.05) is 29.8 Å². The number of likely N-dealkylation sites (tertiary alicyclic amines) is 1. The smallest absolute Gasteiger partial charge is 0.321 e. The number of piperidine rings is 1. The number of urea groups is 1. The van der Waals surface area contributed by atoms with Crippen LogP contribution in [0, 0.1) is 0 Å². The summed E-state index contributed by atoms with van der Waals surface area (Å²) >= 11 is 6.19. The fraction of sp³-hybridized carbons (Fsp3) is 0.556. The molecule has 1 aliphatic rings. The highest BCUT2D eigenvalue weighted by Gasteiger charge is 2.27. The Bertz CT molecular complexity index is 616. The average molecular weight is 368 g/mol. The lowest BCUT2D eigenvalue weighted by Crippen LogP contribution is -2.49. The normalized spacial score (nSPS) is 15.4. The largest absolute Gasteiger partial charge is 0.480 e. The number of aliphatic carboxylic acids is 1. The van der Waals surface area contributed by atoms with E-state index in [1.54, 1.807) is 11.0 Å². The number of hydrogen-bond donors (Lipinski definition) is 2. The lowest BCUT2D eigenvalue weighted by atomic mass is 10.0. The number of hydrogen-bond acceptors (Lipinski definition) is 3. The minimum atomic E-state index is -0.811. The number of aryl methyl sites for hydroxylation is 1. The number of halogens is 1. The van der Waals surface area contributed by atoms with E-state index < -0.39 is 5.97 Å². The fourth-order valence-corrected chi connectivity index (χ4v) is 3.54. The van der Waals surface area contributed by atoms with Gasteiger partial charge in [0.25, 0.3) is 0 Å². The third kappa shape index (κ3) is 5.34. The highest BCUT2D eigenvalue weighted by molar-refractivity contribution is 6.31. The van der Waals surface area contributed by atoms with Crippen molar-refractivity contribution in [3.63, 3.8) is 0 Å². The third-order valence-corrected chi connectivity index (χ3v) is 5.05. The summed E-state index contributed by atoms with van der Waals surface area (Å²) in [6.07, 6.45) is 2.42. The molecule has 138 valence electrons. The quantitative estimate of drug-likeness (QED) is 0.809. The van der Waals surface area contributed by atoms with Crippen LogP contribution in [-0.4, -0.2) is 59.1 Å². The standard InChI is InChI=1S/C18H26ClN3O3/c1-3-13-5-6-14(11-16(13)19)20-18(25)22-9-7-15(8-10-22)21(4-2)12-17(23)24/h5-6,11,15H,3-4,7-10,12H2,1-2H3,(H,20,25)(H,23,24). The molecule has 1 saturated heterocycles. The summed E-state index contributed by atoms with van der Waals surface area (Å²) in [5.41, 5.74) is 1.74. The van der Waals surface area contributed by atoms with Crippen LogP contribution in [0.1, 0.15) is 32.3 Å². The SMILES string of the molecule is CCc1ccc(NC(=O)N2CCC(N(CC)CC(=O)O)CC2)cc1Cl. The highest BCUT2D eigenvalue weighted by atomic mass is 35.5. The number of likely N-dealkylation sites (N-methyl/N-ethyl adjacent to an activating group) is 1. The summed E-state index contributed by atoms with van der Waals surface area (Å²) in [6.45, 7) is 5.99. The van der Waals surface area contributed by atoms with Gasteiger partial charge in [-0.05, 0) is 43.5 Å². The second-order valence-electron chi connectivity index (χ2n) is 6.26. The van der Waals surface area contributed by atoms with Gasteiger partial charge in [-0.2, -0.15) is 0 Å². The molecule has 0 aromatic heterocycles. The molecule has 2 N–H and O–H groups in total. The Hall–Kier alpha value is -1.79. The summed E-state index contributed by atoms with van der Waals surface area (Å²) in [5.74, 6) is -0.811. The molecule has 25 heavy (non-hydrogen) atoms. The van der Waals surface area contributed by atoms with Crippen molar-refractivity contribution in [2.45, 2.75) is 39.2 Å². The van der Waals surface area contributed by atoms with Crippen molar-refractivity contribution < 1.29 is 14.7 Å². The van der Waals surface area contributed by atoms with Gasteiger partial charge in [0.2, 0.25) is 0 Å². The second-order valence-corrected chi connectivity index (χ2v) is 6.67. The number of anilines is 1. The molecule has 6 nitrogen and oxygen atoms in total. The van der Waals surface area contributed by atoms with Gasteiger partial charge in [0.1, 0.15) is 0 Å². The van der Waals surface area contributed by atoms with Crippen molar-refractivity contribution in [3.8, 4) is 0 Å². The van der Waals surface area contributed by atoms with Gasteiger partial charge < -0.3 is 15.3 Å². The van der Waals surface area contributed by atoms with E-state index >= 15 is 0 Å². The molecular weight excluding hydrogens is 342 g/mol. The molecule has 0 radical (unpaired) electrons. The van der Waals surface area contributed by atoms with Gasteiger partial charge in [0.15, 0.2) is 0 Å².